The van der Waals surface area contributed by atoms with Gasteiger partial charge in [-0.25, -0.2) is 8.42 Å². The molecular formula is C14H20N2O3S. The number of fused-ring (bicyclic) bond motifs is 1. The van der Waals surface area contributed by atoms with Crippen molar-refractivity contribution >= 4 is 15.7 Å². The van der Waals surface area contributed by atoms with Crippen LogP contribution in [-0.2, 0) is 27.7 Å². The average Bonchev–Trinajstić information content (AvgIpc) is 2.48. The molecule has 0 amide bonds. The zero-order valence-corrected chi connectivity index (χ0v) is 12.2. The van der Waals surface area contributed by atoms with Crippen LogP contribution in [0.4, 0.5) is 5.69 Å². The second-order valence-electron chi connectivity index (χ2n) is 5.43. The molecular weight excluding hydrogens is 276 g/mol. The number of ether oxygens (including phenoxy) is 1. The maximum Gasteiger partial charge on any atom is 0.217 e. The zero-order valence-electron chi connectivity index (χ0n) is 11.4. The molecule has 6 heteroatoms. The number of sulfonamides is 1. The standard InChI is InChI=1S/C14H20N2O3S/c15-14-3-1-2-11-4-7-16(10-13(11)14)20(17,18)12-5-8-19-9-6-12/h1-3,12H,4-10,15H2. The van der Waals surface area contributed by atoms with E-state index in [0.29, 0.717) is 44.8 Å². The van der Waals surface area contributed by atoms with Crippen molar-refractivity contribution in [1.82, 2.24) is 4.31 Å². The molecule has 2 N–H and O–H groups in total. The van der Waals surface area contributed by atoms with E-state index >= 15 is 0 Å². The van der Waals surface area contributed by atoms with Gasteiger partial charge in [0.05, 0.1) is 5.25 Å². The number of nitrogen functional groups attached to an aromatic ring is 1. The zero-order chi connectivity index (χ0) is 14.2. The number of nitrogens with zero attached hydrogens (tertiary/aromatic N) is 1. The predicted molar refractivity (Wildman–Crippen MR) is 77.7 cm³/mol. The van der Waals surface area contributed by atoms with Gasteiger partial charge in [0.2, 0.25) is 10.0 Å². The molecule has 5 nitrogen and oxygen atoms in total. The van der Waals surface area contributed by atoms with Gasteiger partial charge in [-0.2, -0.15) is 4.31 Å². The summed E-state index contributed by atoms with van der Waals surface area (Å²) in [6.07, 6.45) is 1.93. The molecule has 0 radical (unpaired) electrons. The number of benzene rings is 1. The third-order valence-corrected chi connectivity index (χ3v) is 6.57. The molecule has 1 fully saturated rings. The van der Waals surface area contributed by atoms with E-state index in [2.05, 4.69) is 0 Å². The molecule has 0 aromatic heterocycles. The quantitative estimate of drug-likeness (QED) is 0.831. The normalized spacial score (nSPS) is 21.6. The number of anilines is 1. The van der Waals surface area contributed by atoms with Gasteiger partial charge in [-0.05, 0) is 36.5 Å². The highest BCUT2D eigenvalue weighted by Gasteiger charge is 2.35. The van der Waals surface area contributed by atoms with E-state index in [9.17, 15) is 8.42 Å². The minimum Gasteiger partial charge on any atom is -0.398 e. The van der Waals surface area contributed by atoms with Gasteiger partial charge in [0.1, 0.15) is 0 Å². The largest absolute Gasteiger partial charge is 0.398 e. The van der Waals surface area contributed by atoms with Crippen LogP contribution in [-0.4, -0.2) is 37.7 Å². The number of hydrogen-bond donors (Lipinski definition) is 1. The topological polar surface area (TPSA) is 72.6 Å². The average molecular weight is 296 g/mol. The van der Waals surface area contributed by atoms with Gasteiger partial charge in [0.25, 0.3) is 0 Å². The Morgan fingerprint density at radius 2 is 2.00 bits per heavy atom. The summed E-state index contributed by atoms with van der Waals surface area (Å²) in [4.78, 5) is 0. The first-order valence-corrected chi connectivity index (χ1v) is 8.52. The minimum absolute atomic E-state index is 0.303. The maximum absolute atomic E-state index is 12.7. The minimum atomic E-state index is -3.25. The van der Waals surface area contributed by atoms with Crippen LogP contribution in [0, 0.1) is 0 Å². The smallest absolute Gasteiger partial charge is 0.217 e. The Morgan fingerprint density at radius 1 is 1.25 bits per heavy atom. The first-order valence-electron chi connectivity index (χ1n) is 7.02. The molecule has 2 heterocycles. The third kappa shape index (κ3) is 2.43. The summed E-state index contributed by atoms with van der Waals surface area (Å²) >= 11 is 0. The molecule has 110 valence electrons. The van der Waals surface area contributed by atoms with Crippen LogP contribution < -0.4 is 5.73 Å². The predicted octanol–water partition coefficient (Wildman–Crippen LogP) is 1.14. The van der Waals surface area contributed by atoms with E-state index in [-0.39, 0.29) is 5.25 Å². The van der Waals surface area contributed by atoms with Crippen molar-refractivity contribution in [3.63, 3.8) is 0 Å². The van der Waals surface area contributed by atoms with Crippen LogP contribution in [0.2, 0.25) is 0 Å². The number of rotatable bonds is 2. The van der Waals surface area contributed by atoms with E-state index in [1.54, 1.807) is 4.31 Å². The maximum atomic E-state index is 12.7. The van der Waals surface area contributed by atoms with Crippen LogP contribution in [0.25, 0.3) is 0 Å². The van der Waals surface area contributed by atoms with Crippen LogP contribution >= 0.6 is 0 Å². The molecule has 2 aliphatic rings. The van der Waals surface area contributed by atoms with E-state index < -0.39 is 10.0 Å². The summed E-state index contributed by atoms with van der Waals surface area (Å²) in [5, 5.41) is -0.303. The Labute approximate surface area is 119 Å². The molecule has 2 aliphatic heterocycles. The summed E-state index contributed by atoms with van der Waals surface area (Å²) in [5.41, 5.74) is 8.81. The summed E-state index contributed by atoms with van der Waals surface area (Å²) in [5.74, 6) is 0. The molecule has 1 aromatic carbocycles. The molecule has 20 heavy (non-hydrogen) atoms. The van der Waals surface area contributed by atoms with E-state index in [4.69, 9.17) is 10.5 Å². The van der Waals surface area contributed by atoms with Gasteiger partial charge < -0.3 is 10.5 Å². The Bertz CT molecular complexity index is 594. The summed E-state index contributed by atoms with van der Waals surface area (Å²) in [6.45, 7) is 2.03. The second-order valence-corrected chi connectivity index (χ2v) is 7.64. The first-order chi connectivity index (χ1) is 9.59. The van der Waals surface area contributed by atoms with Crippen molar-refractivity contribution in [2.24, 2.45) is 0 Å². The summed E-state index contributed by atoms with van der Waals surface area (Å²) in [7, 11) is -3.25. The van der Waals surface area contributed by atoms with E-state index in [0.717, 1.165) is 12.0 Å². The van der Waals surface area contributed by atoms with Gasteiger partial charge in [0.15, 0.2) is 0 Å². The Kier molecular flexibility index (Phi) is 3.70. The van der Waals surface area contributed by atoms with Gasteiger partial charge in [-0.3, -0.25) is 0 Å². The molecule has 0 bridgehead atoms. The Morgan fingerprint density at radius 3 is 2.75 bits per heavy atom. The molecule has 0 spiro atoms. The van der Waals surface area contributed by atoms with Crippen molar-refractivity contribution < 1.29 is 13.2 Å². The lowest BCUT2D eigenvalue weighted by molar-refractivity contribution is 0.0971. The molecule has 0 saturated carbocycles. The molecule has 1 saturated heterocycles. The lowest BCUT2D eigenvalue weighted by Crippen LogP contribution is -2.43. The molecule has 0 atom stereocenters. The Balaban J connectivity index is 1.84. The summed E-state index contributed by atoms with van der Waals surface area (Å²) in [6, 6.07) is 5.80. The Hall–Kier alpha value is -1.11. The van der Waals surface area contributed by atoms with Crippen molar-refractivity contribution in [3.05, 3.63) is 29.3 Å². The van der Waals surface area contributed by atoms with E-state index in [1.165, 1.54) is 5.56 Å². The first kappa shape index (κ1) is 13.9. The second kappa shape index (κ2) is 5.35. The number of nitrogens with two attached hydrogens (primary N) is 1. The highest BCUT2D eigenvalue weighted by Crippen LogP contribution is 2.29. The molecule has 1 aromatic rings. The van der Waals surface area contributed by atoms with Crippen LogP contribution in [0.15, 0.2) is 18.2 Å². The van der Waals surface area contributed by atoms with Gasteiger partial charge in [0, 0.05) is 32.0 Å². The van der Waals surface area contributed by atoms with Crippen molar-refractivity contribution in [2.75, 3.05) is 25.5 Å². The van der Waals surface area contributed by atoms with Gasteiger partial charge in [-0.15, -0.1) is 0 Å². The fourth-order valence-electron chi connectivity index (χ4n) is 2.98. The van der Waals surface area contributed by atoms with Gasteiger partial charge >= 0.3 is 0 Å². The van der Waals surface area contributed by atoms with Gasteiger partial charge in [-0.1, -0.05) is 12.1 Å². The van der Waals surface area contributed by atoms with Crippen molar-refractivity contribution in [1.29, 1.82) is 0 Å². The molecule has 0 aliphatic carbocycles. The van der Waals surface area contributed by atoms with Crippen molar-refractivity contribution in [3.8, 4) is 0 Å². The lowest BCUT2D eigenvalue weighted by Gasteiger charge is -2.33. The fourth-order valence-corrected chi connectivity index (χ4v) is 4.85. The van der Waals surface area contributed by atoms with Crippen molar-refractivity contribution in [2.45, 2.75) is 31.1 Å². The van der Waals surface area contributed by atoms with Crippen LogP contribution in [0.5, 0.6) is 0 Å². The van der Waals surface area contributed by atoms with Crippen LogP contribution in [0.3, 0.4) is 0 Å². The fraction of sp³-hybridized carbons (Fsp3) is 0.571. The lowest BCUT2D eigenvalue weighted by atomic mass is 10.00. The molecule has 3 rings (SSSR count). The highest BCUT2D eigenvalue weighted by atomic mass is 32.2. The van der Waals surface area contributed by atoms with E-state index in [1.807, 2.05) is 18.2 Å². The monoisotopic (exact) mass is 296 g/mol. The third-order valence-electron chi connectivity index (χ3n) is 4.22. The van der Waals surface area contributed by atoms with Crippen LogP contribution in [0.1, 0.15) is 24.0 Å². The summed E-state index contributed by atoms with van der Waals surface area (Å²) < 4.78 is 32.2. The SMILES string of the molecule is Nc1cccc2c1CN(S(=O)(=O)C1CCOCC1)CC2. The molecule has 0 unspecified atom stereocenters. The number of hydrogen-bond acceptors (Lipinski definition) is 4. The highest BCUT2D eigenvalue weighted by molar-refractivity contribution is 7.89.